The summed E-state index contributed by atoms with van der Waals surface area (Å²) in [6, 6.07) is 1.76. The summed E-state index contributed by atoms with van der Waals surface area (Å²) in [6.07, 6.45) is 0.996. The molecular weight excluding hydrogens is 192 g/mol. The van der Waals surface area contributed by atoms with Crippen molar-refractivity contribution in [3.05, 3.63) is 0 Å². The molecule has 1 amide bonds. The zero-order valence-corrected chi connectivity index (χ0v) is 8.63. The van der Waals surface area contributed by atoms with Gasteiger partial charge in [-0.15, -0.1) is 0 Å². The fraction of sp³-hybridized carbons (Fsp3) is 0.714. The molecule has 0 aromatic carbocycles. The monoisotopic (exact) mass is 204 g/mol. The first kappa shape index (κ1) is 11.9. The molecule has 74 valence electrons. The van der Waals surface area contributed by atoms with Crippen LogP contribution in [0.1, 0.15) is 6.92 Å². The molecule has 1 atom stereocenters. The number of nitrogens with zero attached hydrogens (tertiary/aromatic N) is 2. The molecule has 0 bridgehead atoms. The standard InChI is InChI=1S/C7H12N2O3S/c1-6(13(3,11)12)7(10)9(2)5-4-8/h6H,5H2,1-3H3. The lowest BCUT2D eigenvalue weighted by molar-refractivity contribution is -0.128. The fourth-order valence-corrected chi connectivity index (χ4v) is 1.22. The van der Waals surface area contributed by atoms with Gasteiger partial charge in [-0.1, -0.05) is 0 Å². The number of rotatable bonds is 3. The van der Waals surface area contributed by atoms with E-state index < -0.39 is 21.0 Å². The molecule has 0 aromatic rings. The number of carbonyl (C=O) groups is 1. The summed E-state index contributed by atoms with van der Waals surface area (Å²) in [4.78, 5) is 12.4. The Bertz CT molecular complexity index is 328. The van der Waals surface area contributed by atoms with E-state index in [2.05, 4.69) is 0 Å². The van der Waals surface area contributed by atoms with E-state index in [1.54, 1.807) is 6.07 Å². The minimum Gasteiger partial charge on any atom is -0.331 e. The highest BCUT2D eigenvalue weighted by molar-refractivity contribution is 7.92. The van der Waals surface area contributed by atoms with Gasteiger partial charge in [0.1, 0.15) is 11.8 Å². The highest BCUT2D eigenvalue weighted by atomic mass is 32.2. The molecule has 0 aliphatic heterocycles. The molecular formula is C7H12N2O3S. The summed E-state index contributed by atoms with van der Waals surface area (Å²) in [5.41, 5.74) is 0. The van der Waals surface area contributed by atoms with Gasteiger partial charge >= 0.3 is 0 Å². The molecule has 0 aliphatic carbocycles. The van der Waals surface area contributed by atoms with Crippen LogP contribution in [0.2, 0.25) is 0 Å². The summed E-state index contributed by atoms with van der Waals surface area (Å²) >= 11 is 0. The maximum Gasteiger partial charge on any atom is 0.241 e. The van der Waals surface area contributed by atoms with Crippen LogP contribution in [0, 0.1) is 11.3 Å². The SMILES string of the molecule is CC(C(=O)N(C)CC#N)S(C)(=O)=O. The van der Waals surface area contributed by atoms with Crippen molar-refractivity contribution in [2.75, 3.05) is 19.8 Å². The van der Waals surface area contributed by atoms with E-state index >= 15 is 0 Å². The fourth-order valence-electron chi connectivity index (χ4n) is 0.677. The van der Waals surface area contributed by atoms with Crippen LogP contribution >= 0.6 is 0 Å². The van der Waals surface area contributed by atoms with Crippen LogP contribution in [0.4, 0.5) is 0 Å². The van der Waals surface area contributed by atoms with Crippen LogP contribution in [0.15, 0.2) is 0 Å². The van der Waals surface area contributed by atoms with E-state index in [1.165, 1.54) is 14.0 Å². The van der Waals surface area contributed by atoms with Gasteiger partial charge in [-0.05, 0) is 6.92 Å². The molecule has 0 spiro atoms. The smallest absolute Gasteiger partial charge is 0.241 e. The average Bonchev–Trinajstić information content (AvgIpc) is 2.00. The number of hydrogen-bond acceptors (Lipinski definition) is 4. The van der Waals surface area contributed by atoms with E-state index in [9.17, 15) is 13.2 Å². The summed E-state index contributed by atoms with van der Waals surface area (Å²) in [6.45, 7) is 1.21. The van der Waals surface area contributed by atoms with Crippen LogP contribution in [0.3, 0.4) is 0 Å². The Hall–Kier alpha value is -1.09. The molecule has 6 heteroatoms. The van der Waals surface area contributed by atoms with E-state index in [0.717, 1.165) is 11.2 Å². The highest BCUT2D eigenvalue weighted by Crippen LogP contribution is 2.01. The average molecular weight is 204 g/mol. The summed E-state index contributed by atoms with van der Waals surface area (Å²) in [5.74, 6) is -0.552. The zero-order chi connectivity index (χ0) is 10.6. The lowest BCUT2D eigenvalue weighted by atomic mass is 10.4. The van der Waals surface area contributed by atoms with Gasteiger partial charge in [0.15, 0.2) is 9.84 Å². The molecule has 0 fully saturated rings. The van der Waals surface area contributed by atoms with Gasteiger partial charge in [-0.2, -0.15) is 5.26 Å². The van der Waals surface area contributed by atoms with Crippen molar-refractivity contribution in [2.45, 2.75) is 12.2 Å². The molecule has 0 saturated carbocycles. The quantitative estimate of drug-likeness (QED) is 0.575. The minimum absolute atomic E-state index is 0.0985. The second kappa shape index (κ2) is 4.23. The summed E-state index contributed by atoms with van der Waals surface area (Å²) in [7, 11) is -1.97. The van der Waals surface area contributed by atoms with Crippen LogP contribution in [-0.4, -0.2) is 44.3 Å². The Morgan fingerprint density at radius 2 is 2.08 bits per heavy atom. The highest BCUT2D eigenvalue weighted by Gasteiger charge is 2.25. The van der Waals surface area contributed by atoms with Gasteiger partial charge in [0.25, 0.3) is 0 Å². The molecule has 0 heterocycles. The Morgan fingerprint density at radius 3 is 2.38 bits per heavy atom. The lowest BCUT2D eigenvalue weighted by Crippen LogP contribution is -2.38. The summed E-state index contributed by atoms with van der Waals surface area (Å²) < 4.78 is 21.9. The van der Waals surface area contributed by atoms with E-state index in [1.807, 2.05) is 0 Å². The third kappa shape index (κ3) is 3.42. The van der Waals surface area contributed by atoms with Crippen LogP contribution in [-0.2, 0) is 14.6 Å². The Kier molecular flexibility index (Phi) is 3.88. The second-order valence-corrected chi connectivity index (χ2v) is 5.19. The van der Waals surface area contributed by atoms with E-state index in [4.69, 9.17) is 5.26 Å². The largest absolute Gasteiger partial charge is 0.331 e. The number of hydrogen-bond donors (Lipinski definition) is 0. The molecule has 0 rings (SSSR count). The number of nitriles is 1. The predicted molar refractivity (Wildman–Crippen MR) is 47.6 cm³/mol. The molecule has 1 unspecified atom stereocenters. The summed E-state index contributed by atoms with van der Waals surface area (Å²) in [5, 5.41) is 7.20. The maximum absolute atomic E-state index is 11.3. The topological polar surface area (TPSA) is 78.2 Å². The molecule has 0 saturated heterocycles. The molecule has 0 N–H and O–H groups in total. The molecule has 0 aliphatic rings. The van der Waals surface area contributed by atoms with Crippen molar-refractivity contribution < 1.29 is 13.2 Å². The predicted octanol–water partition coefficient (Wildman–Crippen LogP) is -0.599. The third-order valence-electron chi connectivity index (χ3n) is 1.67. The normalized spacial score (nSPS) is 13.1. The van der Waals surface area contributed by atoms with Gasteiger partial charge in [0, 0.05) is 13.3 Å². The number of sulfone groups is 1. The number of carbonyl (C=O) groups excluding carboxylic acids is 1. The first-order chi connectivity index (χ1) is 5.80. The van der Waals surface area contributed by atoms with Crippen molar-refractivity contribution in [3.63, 3.8) is 0 Å². The molecule has 0 aromatic heterocycles. The lowest BCUT2D eigenvalue weighted by Gasteiger charge is -2.16. The minimum atomic E-state index is -3.37. The van der Waals surface area contributed by atoms with E-state index in [-0.39, 0.29) is 6.54 Å². The van der Waals surface area contributed by atoms with Gasteiger partial charge in [-0.3, -0.25) is 4.79 Å². The molecule has 13 heavy (non-hydrogen) atoms. The second-order valence-electron chi connectivity index (χ2n) is 2.82. The van der Waals surface area contributed by atoms with Crippen LogP contribution < -0.4 is 0 Å². The van der Waals surface area contributed by atoms with Crippen molar-refractivity contribution in [1.82, 2.24) is 4.90 Å². The Morgan fingerprint density at radius 1 is 1.62 bits per heavy atom. The van der Waals surface area contributed by atoms with Crippen molar-refractivity contribution >= 4 is 15.7 Å². The molecule has 0 radical (unpaired) electrons. The van der Waals surface area contributed by atoms with Gasteiger partial charge in [-0.25, -0.2) is 8.42 Å². The van der Waals surface area contributed by atoms with Crippen molar-refractivity contribution in [2.24, 2.45) is 0 Å². The maximum atomic E-state index is 11.3. The van der Waals surface area contributed by atoms with Crippen molar-refractivity contribution in [1.29, 1.82) is 5.26 Å². The van der Waals surface area contributed by atoms with Crippen molar-refractivity contribution in [3.8, 4) is 6.07 Å². The first-order valence-electron chi connectivity index (χ1n) is 3.61. The van der Waals surface area contributed by atoms with Gasteiger partial charge in [0.05, 0.1) is 6.07 Å². The third-order valence-corrected chi connectivity index (χ3v) is 3.16. The first-order valence-corrected chi connectivity index (χ1v) is 5.57. The van der Waals surface area contributed by atoms with Gasteiger partial charge in [0.2, 0.25) is 5.91 Å². The molecule has 5 nitrogen and oxygen atoms in total. The van der Waals surface area contributed by atoms with Crippen LogP contribution in [0.5, 0.6) is 0 Å². The van der Waals surface area contributed by atoms with Gasteiger partial charge < -0.3 is 4.90 Å². The number of amides is 1. The Balaban J connectivity index is 4.55. The Labute approximate surface area is 77.9 Å². The van der Waals surface area contributed by atoms with Crippen LogP contribution in [0.25, 0.3) is 0 Å². The van der Waals surface area contributed by atoms with E-state index in [0.29, 0.717) is 0 Å². The zero-order valence-electron chi connectivity index (χ0n) is 7.81.